The number of hydrogen-bond donors (Lipinski definition) is 2. The van der Waals surface area contributed by atoms with Crippen LogP contribution in [0, 0.1) is 0 Å². The van der Waals surface area contributed by atoms with Crippen molar-refractivity contribution in [3.05, 3.63) is 17.3 Å². The zero-order valence-electron chi connectivity index (χ0n) is 10.2. The van der Waals surface area contributed by atoms with Crippen molar-refractivity contribution >= 4 is 27.4 Å². The summed E-state index contributed by atoms with van der Waals surface area (Å²) in [6.45, 7) is 4.99. The van der Waals surface area contributed by atoms with E-state index in [1.165, 1.54) is 4.88 Å². The van der Waals surface area contributed by atoms with Crippen LogP contribution in [0.1, 0.15) is 25.1 Å². The van der Waals surface area contributed by atoms with E-state index in [1.54, 1.807) is 17.7 Å². The maximum absolute atomic E-state index is 5.89. The normalized spacial score (nSPS) is 12.9. The molecule has 0 radical (unpaired) electrons. The van der Waals surface area contributed by atoms with E-state index in [-0.39, 0.29) is 6.04 Å². The number of anilines is 1. The van der Waals surface area contributed by atoms with E-state index in [0.29, 0.717) is 0 Å². The average molecular weight is 250 g/mol. The van der Waals surface area contributed by atoms with Crippen LogP contribution < -0.4 is 11.1 Å². The molecule has 0 bridgehead atoms. The number of fused-ring (bicyclic) bond motifs is 1. The third-order valence-electron chi connectivity index (χ3n) is 2.78. The summed E-state index contributed by atoms with van der Waals surface area (Å²) in [6, 6.07) is 2.34. The van der Waals surface area contributed by atoms with Crippen molar-refractivity contribution in [2.24, 2.45) is 5.73 Å². The number of nitrogens with zero attached hydrogens (tertiary/aromatic N) is 2. The predicted molar refractivity (Wildman–Crippen MR) is 73.5 cm³/mol. The second-order valence-corrected chi connectivity index (χ2v) is 5.17. The molecule has 0 aliphatic rings. The summed E-state index contributed by atoms with van der Waals surface area (Å²) >= 11 is 1.73. The van der Waals surface area contributed by atoms with Gasteiger partial charge in [0.1, 0.15) is 17.0 Å². The van der Waals surface area contributed by atoms with Crippen molar-refractivity contribution in [1.82, 2.24) is 9.97 Å². The van der Waals surface area contributed by atoms with Crippen molar-refractivity contribution in [3.8, 4) is 0 Å². The number of nitrogens with two attached hydrogens (primary N) is 1. The van der Waals surface area contributed by atoms with Crippen LogP contribution in [0.5, 0.6) is 0 Å². The number of rotatable bonds is 5. The van der Waals surface area contributed by atoms with E-state index in [2.05, 4.69) is 35.2 Å². The Hall–Kier alpha value is -1.20. The lowest BCUT2D eigenvalue weighted by Gasteiger charge is -2.10. The molecule has 3 N–H and O–H groups in total. The van der Waals surface area contributed by atoms with Crippen molar-refractivity contribution in [2.75, 3.05) is 11.9 Å². The lowest BCUT2D eigenvalue weighted by Crippen LogP contribution is -2.28. The molecule has 0 saturated carbocycles. The molecule has 4 nitrogen and oxygen atoms in total. The summed E-state index contributed by atoms with van der Waals surface area (Å²) in [6.07, 6.45) is 3.61. The summed E-state index contributed by atoms with van der Waals surface area (Å²) in [5.74, 6) is 0.898. The third kappa shape index (κ3) is 2.73. The van der Waals surface area contributed by atoms with Gasteiger partial charge in [-0.05, 0) is 18.9 Å². The SMILES string of the molecule is CCc1cc2c(NCC(N)CC)ncnc2s1. The maximum atomic E-state index is 5.89. The fourth-order valence-electron chi connectivity index (χ4n) is 1.59. The molecule has 17 heavy (non-hydrogen) atoms. The molecule has 2 aromatic rings. The van der Waals surface area contributed by atoms with Crippen LogP contribution in [-0.2, 0) is 6.42 Å². The minimum atomic E-state index is 0.171. The monoisotopic (exact) mass is 250 g/mol. The van der Waals surface area contributed by atoms with Crippen LogP contribution >= 0.6 is 11.3 Å². The third-order valence-corrected chi connectivity index (χ3v) is 3.97. The summed E-state index contributed by atoms with van der Waals surface area (Å²) in [5.41, 5.74) is 5.89. The number of aromatic nitrogens is 2. The Morgan fingerprint density at radius 3 is 2.94 bits per heavy atom. The van der Waals surface area contributed by atoms with Crippen molar-refractivity contribution in [3.63, 3.8) is 0 Å². The van der Waals surface area contributed by atoms with Gasteiger partial charge in [0.15, 0.2) is 0 Å². The van der Waals surface area contributed by atoms with Crippen LogP contribution in [0.15, 0.2) is 12.4 Å². The van der Waals surface area contributed by atoms with Crippen LogP contribution in [-0.4, -0.2) is 22.6 Å². The number of nitrogens with one attached hydrogen (secondary N) is 1. The fraction of sp³-hybridized carbons (Fsp3) is 0.500. The number of hydrogen-bond acceptors (Lipinski definition) is 5. The molecule has 0 spiro atoms. The lowest BCUT2D eigenvalue weighted by atomic mass is 10.2. The molecular formula is C12H18N4S. The van der Waals surface area contributed by atoms with Gasteiger partial charge in [-0.15, -0.1) is 11.3 Å². The first kappa shape index (κ1) is 12.3. The number of thiophene rings is 1. The van der Waals surface area contributed by atoms with Gasteiger partial charge >= 0.3 is 0 Å². The minimum absolute atomic E-state index is 0.171. The molecule has 0 saturated heterocycles. The summed E-state index contributed by atoms with van der Waals surface area (Å²) in [4.78, 5) is 11.0. The molecule has 92 valence electrons. The fourth-order valence-corrected chi connectivity index (χ4v) is 2.53. The molecule has 0 aliphatic heterocycles. The lowest BCUT2D eigenvalue weighted by molar-refractivity contribution is 0.678. The smallest absolute Gasteiger partial charge is 0.138 e. The van der Waals surface area contributed by atoms with Gasteiger partial charge in [0.05, 0.1) is 5.39 Å². The predicted octanol–water partition coefficient (Wildman–Crippen LogP) is 2.40. The largest absolute Gasteiger partial charge is 0.368 e. The van der Waals surface area contributed by atoms with E-state index in [0.717, 1.165) is 35.4 Å². The maximum Gasteiger partial charge on any atom is 0.138 e. The zero-order valence-corrected chi connectivity index (χ0v) is 11.0. The first-order valence-electron chi connectivity index (χ1n) is 5.97. The first-order chi connectivity index (χ1) is 8.24. The van der Waals surface area contributed by atoms with E-state index in [9.17, 15) is 0 Å². The standard InChI is InChI=1S/C12H18N4S/c1-3-8(13)6-14-11-10-5-9(4-2)17-12(10)16-7-15-11/h5,7-8H,3-4,6,13H2,1-2H3,(H,14,15,16). The first-order valence-corrected chi connectivity index (χ1v) is 6.79. The van der Waals surface area contributed by atoms with Crippen molar-refractivity contribution < 1.29 is 0 Å². The second kappa shape index (κ2) is 5.42. The molecular weight excluding hydrogens is 232 g/mol. The highest BCUT2D eigenvalue weighted by molar-refractivity contribution is 7.18. The zero-order chi connectivity index (χ0) is 12.3. The van der Waals surface area contributed by atoms with E-state index < -0.39 is 0 Å². The molecule has 0 fully saturated rings. The van der Waals surface area contributed by atoms with Gasteiger partial charge in [-0.2, -0.15) is 0 Å². The highest BCUT2D eigenvalue weighted by Gasteiger charge is 2.08. The van der Waals surface area contributed by atoms with Gasteiger partial charge in [0, 0.05) is 17.5 Å². The molecule has 0 aliphatic carbocycles. The Morgan fingerprint density at radius 2 is 2.24 bits per heavy atom. The highest BCUT2D eigenvalue weighted by Crippen LogP contribution is 2.28. The van der Waals surface area contributed by atoms with E-state index >= 15 is 0 Å². The highest BCUT2D eigenvalue weighted by atomic mass is 32.1. The van der Waals surface area contributed by atoms with Crippen molar-refractivity contribution in [2.45, 2.75) is 32.7 Å². The number of aryl methyl sites for hydroxylation is 1. The van der Waals surface area contributed by atoms with Crippen LogP contribution in [0.3, 0.4) is 0 Å². The molecule has 1 atom stereocenters. The minimum Gasteiger partial charge on any atom is -0.368 e. The van der Waals surface area contributed by atoms with Crippen LogP contribution in [0.2, 0.25) is 0 Å². The van der Waals surface area contributed by atoms with Gasteiger partial charge in [0.2, 0.25) is 0 Å². The second-order valence-electron chi connectivity index (χ2n) is 4.06. The van der Waals surface area contributed by atoms with Gasteiger partial charge in [-0.3, -0.25) is 0 Å². The Labute approximate surface area is 105 Å². The van der Waals surface area contributed by atoms with Gasteiger partial charge in [-0.25, -0.2) is 9.97 Å². The topological polar surface area (TPSA) is 63.8 Å². The Bertz CT molecular complexity index is 494. The van der Waals surface area contributed by atoms with E-state index in [4.69, 9.17) is 5.73 Å². The molecule has 5 heteroatoms. The molecule has 2 heterocycles. The van der Waals surface area contributed by atoms with Crippen molar-refractivity contribution in [1.29, 1.82) is 0 Å². The summed E-state index contributed by atoms with van der Waals surface area (Å²) in [5, 5.41) is 4.42. The van der Waals surface area contributed by atoms with Crippen LogP contribution in [0.25, 0.3) is 10.2 Å². The Morgan fingerprint density at radius 1 is 1.41 bits per heavy atom. The Balaban J connectivity index is 2.24. The summed E-state index contributed by atoms with van der Waals surface area (Å²) in [7, 11) is 0. The van der Waals surface area contributed by atoms with Crippen LogP contribution in [0.4, 0.5) is 5.82 Å². The molecule has 0 amide bonds. The average Bonchev–Trinajstić information content (AvgIpc) is 2.79. The molecule has 2 rings (SSSR count). The molecule has 1 unspecified atom stereocenters. The van der Waals surface area contributed by atoms with Gasteiger partial charge < -0.3 is 11.1 Å². The van der Waals surface area contributed by atoms with Gasteiger partial charge in [0.25, 0.3) is 0 Å². The Kier molecular flexibility index (Phi) is 3.91. The molecule has 2 aromatic heterocycles. The summed E-state index contributed by atoms with van der Waals surface area (Å²) < 4.78 is 0. The quantitative estimate of drug-likeness (QED) is 0.855. The van der Waals surface area contributed by atoms with Gasteiger partial charge in [-0.1, -0.05) is 13.8 Å². The molecule has 0 aromatic carbocycles. The van der Waals surface area contributed by atoms with E-state index in [1.807, 2.05) is 0 Å².